The quantitative estimate of drug-likeness (QED) is 0.475. The molecule has 1 aromatic heterocycles. The number of fused-ring (bicyclic) bond motifs is 1. The molecule has 0 spiro atoms. The van der Waals surface area contributed by atoms with Gasteiger partial charge in [0.1, 0.15) is 0 Å². The summed E-state index contributed by atoms with van der Waals surface area (Å²) >= 11 is 0. The molecule has 0 fully saturated rings. The maximum Gasteiger partial charge on any atom is 0.418 e. The molecule has 9 nitrogen and oxygen atoms in total. The zero-order valence-electron chi connectivity index (χ0n) is 20.3. The van der Waals surface area contributed by atoms with Crippen molar-refractivity contribution in [2.75, 3.05) is 14.2 Å². The van der Waals surface area contributed by atoms with E-state index >= 15 is 0 Å². The topological polar surface area (TPSA) is 127 Å². The van der Waals surface area contributed by atoms with E-state index in [9.17, 15) is 24.4 Å². The molecule has 2 aromatic carbocycles. The minimum Gasteiger partial charge on any atom is -0.468 e. The molecule has 9 heteroatoms. The number of hydrogen-bond acceptors (Lipinski definition) is 7. The van der Waals surface area contributed by atoms with Gasteiger partial charge in [-0.1, -0.05) is 49.7 Å². The number of para-hydroxylation sites is 1. The molecular weight excluding hydrogens is 462 g/mol. The minimum atomic E-state index is -1.93. The Kier molecular flexibility index (Phi) is 8.22. The van der Waals surface area contributed by atoms with Crippen molar-refractivity contribution in [3.05, 3.63) is 71.9 Å². The highest BCUT2D eigenvalue weighted by atomic mass is 16.5. The second-order valence-electron chi connectivity index (χ2n) is 8.24. The Balaban J connectivity index is 2.11. The Morgan fingerprint density at radius 1 is 1.03 bits per heavy atom. The highest BCUT2D eigenvalue weighted by Crippen LogP contribution is 2.42. The normalized spacial score (nSPS) is 13.2. The van der Waals surface area contributed by atoms with Gasteiger partial charge in [0, 0.05) is 35.0 Å². The lowest BCUT2D eigenvalue weighted by Gasteiger charge is -2.32. The van der Waals surface area contributed by atoms with Gasteiger partial charge in [-0.15, -0.1) is 0 Å². The molecule has 3 aromatic rings. The van der Waals surface area contributed by atoms with E-state index in [2.05, 4.69) is 11.4 Å². The van der Waals surface area contributed by atoms with Crippen LogP contribution in [-0.2, 0) is 24.5 Å². The van der Waals surface area contributed by atoms with Gasteiger partial charge in [-0.3, -0.25) is 19.5 Å². The first-order valence-corrected chi connectivity index (χ1v) is 11.4. The van der Waals surface area contributed by atoms with Crippen molar-refractivity contribution >= 4 is 34.8 Å². The molecule has 0 saturated heterocycles. The fraction of sp³-hybridized carbons (Fsp3) is 0.296. The fourth-order valence-corrected chi connectivity index (χ4v) is 4.48. The summed E-state index contributed by atoms with van der Waals surface area (Å²) in [6.07, 6.45) is 1.22. The van der Waals surface area contributed by atoms with E-state index in [1.165, 1.54) is 17.9 Å². The van der Waals surface area contributed by atoms with Gasteiger partial charge in [0.25, 0.3) is 5.91 Å². The third-order valence-electron chi connectivity index (χ3n) is 6.16. The van der Waals surface area contributed by atoms with Gasteiger partial charge in [0.2, 0.25) is 5.91 Å². The Hall–Kier alpha value is -4.45. The number of hydrogen-bond donors (Lipinski definition) is 1. The maximum absolute atomic E-state index is 13.3. The van der Waals surface area contributed by atoms with Crippen molar-refractivity contribution in [1.29, 1.82) is 5.26 Å². The molecule has 0 aliphatic rings. The predicted octanol–water partition coefficient (Wildman–Crippen LogP) is 3.95. The molecule has 0 saturated carbocycles. The summed E-state index contributed by atoms with van der Waals surface area (Å²) in [6.45, 7) is 1.86. The maximum atomic E-state index is 13.3. The number of nitrogens with zero attached hydrogens (tertiary/aromatic N) is 2. The Morgan fingerprint density at radius 2 is 1.69 bits per heavy atom. The molecule has 2 atom stereocenters. The van der Waals surface area contributed by atoms with Crippen LogP contribution < -0.4 is 5.32 Å². The number of nitrogens with one attached hydrogen (secondary N) is 1. The van der Waals surface area contributed by atoms with Crippen LogP contribution in [0.4, 0.5) is 4.79 Å². The first-order chi connectivity index (χ1) is 17.3. The number of methoxy groups -OCH3 is 2. The number of aromatic nitrogens is 1. The van der Waals surface area contributed by atoms with Crippen LogP contribution in [0.5, 0.6) is 0 Å². The molecular formula is C27H27N3O6. The molecule has 36 heavy (non-hydrogen) atoms. The zero-order chi connectivity index (χ0) is 26.3. The van der Waals surface area contributed by atoms with E-state index < -0.39 is 35.2 Å². The van der Waals surface area contributed by atoms with Gasteiger partial charge in [0.05, 0.1) is 25.8 Å². The van der Waals surface area contributed by atoms with E-state index in [-0.39, 0.29) is 12.0 Å². The van der Waals surface area contributed by atoms with Gasteiger partial charge >= 0.3 is 12.1 Å². The minimum absolute atomic E-state index is 0.221. The fourth-order valence-electron chi connectivity index (χ4n) is 4.48. The Morgan fingerprint density at radius 3 is 2.31 bits per heavy atom. The highest BCUT2D eigenvalue weighted by Gasteiger charge is 2.51. The van der Waals surface area contributed by atoms with E-state index in [0.29, 0.717) is 29.3 Å². The lowest BCUT2D eigenvalue weighted by Crippen LogP contribution is -2.45. The van der Waals surface area contributed by atoms with Crippen LogP contribution in [0.1, 0.15) is 42.1 Å². The van der Waals surface area contributed by atoms with E-state index in [1.54, 1.807) is 54.6 Å². The summed E-state index contributed by atoms with van der Waals surface area (Å²) in [5.74, 6) is -2.94. The van der Waals surface area contributed by atoms with Crippen molar-refractivity contribution < 1.29 is 28.7 Å². The van der Waals surface area contributed by atoms with E-state index in [0.717, 1.165) is 7.11 Å². The van der Waals surface area contributed by atoms with Crippen molar-refractivity contribution in [3.63, 3.8) is 0 Å². The lowest BCUT2D eigenvalue weighted by molar-refractivity contribution is -0.147. The molecule has 0 unspecified atom stereocenters. The summed E-state index contributed by atoms with van der Waals surface area (Å²) in [6, 6.07) is 17.1. The summed E-state index contributed by atoms with van der Waals surface area (Å²) in [5, 5.41) is 13.3. The second kappa shape index (κ2) is 11.3. The Bertz CT molecular complexity index is 1320. The molecule has 0 bridgehead atoms. The summed E-state index contributed by atoms with van der Waals surface area (Å²) in [5.41, 5.74) is -0.976. The van der Waals surface area contributed by atoms with Crippen LogP contribution in [0.25, 0.3) is 10.9 Å². The second-order valence-corrected chi connectivity index (χ2v) is 8.24. The standard InChI is InChI=1S/C27H27N3O6/c1-4-10-19(15-23(31)29-24(32)18-11-6-5-7-12-18)27(17-28,25(33)35-2)21-16-30(26(34)36-3)22-14-9-8-13-20(21)22/h5-9,11-14,16,19H,4,10,15H2,1-3H3,(H,29,31,32)/t19-,27-/m0/s1. The van der Waals surface area contributed by atoms with E-state index in [1.807, 2.05) is 6.92 Å². The van der Waals surface area contributed by atoms with Crippen LogP contribution in [0.2, 0.25) is 0 Å². The zero-order valence-corrected chi connectivity index (χ0v) is 20.3. The third-order valence-corrected chi connectivity index (χ3v) is 6.16. The molecule has 0 aliphatic carbocycles. The summed E-state index contributed by atoms with van der Waals surface area (Å²) < 4.78 is 11.2. The number of benzene rings is 2. The Labute approximate surface area is 208 Å². The average molecular weight is 490 g/mol. The SMILES string of the molecule is CCC[C@@H](CC(=O)NC(=O)c1ccccc1)[C@](C#N)(C(=O)OC)c1cn(C(=O)OC)c2ccccc12. The van der Waals surface area contributed by atoms with E-state index in [4.69, 9.17) is 9.47 Å². The van der Waals surface area contributed by atoms with Crippen LogP contribution in [0.3, 0.4) is 0 Å². The number of carbonyl (C=O) groups excluding carboxylic acids is 4. The smallest absolute Gasteiger partial charge is 0.418 e. The molecule has 2 amide bonds. The highest BCUT2D eigenvalue weighted by molar-refractivity contribution is 6.05. The van der Waals surface area contributed by atoms with Gasteiger partial charge in [-0.25, -0.2) is 9.59 Å². The summed E-state index contributed by atoms with van der Waals surface area (Å²) in [4.78, 5) is 51.3. The van der Waals surface area contributed by atoms with Crippen LogP contribution in [0.15, 0.2) is 60.8 Å². The molecule has 3 rings (SSSR count). The molecule has 0 radical (unpaired) electrons. The number of nitriles is 1. The lowest BCUT2D eigenvalue weighted by atomic mass is 9.68. The van der Waals surface area contributed by atoms with Gasteiger partial charge in [0.15, 0.2) is 5.41 Å². The van der Waals surface area contributed by atoms with Crippen molar-refractivity contribution in [2.24, 2.45) is 5.92 Å². The van der Waals surface area contributed by atoms with Gasteiger partial charge in [-0.05, 0) is 24.6 Å². The summed E-state index contributed by atoms with van der Waals surface area (Å²) in [7, 11) is 2.39. The number of ether oxygens (including phenoxy) is 2. The molecule has 186 valence electrons. The van der Waals surface area contributed by atoms with Gasteiger partial charge < -0.3 is 9.47 Å². The molecule has 1 heterocycles. The average Bonchev–Trinajstić information content (AvgIpc) is 3.29. The number of rotatable bonds is 8. The van der Waals surface area contributed by atoms with Crippen molar-refractivity contribution in [2.45, 2.75) is 31.6 Å². The molecule has 0 aliphatic heterocycles. The van der Waals surface area contributed by atoms with Gasteiger partial charge in [-0.2, -0.15) is 5.26 Å². The van der Waals surface area contributed by atoms with Crippen LogP contribution in [-0.4, -0.2) is 42.7 Å². The largest absolute Gasteiger partial charge is 0.468 e. The number of amides is 2. The monoisotopic (exact) mass is 489 g/mol. The number of imide groups is 1. The first kappa shape index (κ1) is 26.2. The van der Waals surface area contributed by atoms with Crippen molar-refractivity contribution in [1.82, 2.24) is 9.88 Å². The first-order valence-electron chi connectivity index (χ1n) is 11.4. The van der Waals surface area contributed by atoms with Crippen LogP contribution in [0, 0.1) is 17.2 Å². The number of esters is 1. The predicted molar refractivity (Wildman–Crippen MR) is 131 cm³/mol. The third kappa shape index (κ3) is 4.84. The molecule has 1 N–H and O–H groups in total. The number of carbonyl (C=O) groups is 4. The van der Waals surface area contributed by atoms with Crippen molar-refractivity contribution in [3.8, 4) is 6.07 Å². The van der Waals surface area contributed by atoms with Crippen LogP contribution >= 0.6 is 0 Å².